The van der Waals surface area contributed by atoms with Crippen molar-refractivity contribution in [1.29, 1.82) is 0 Å². The average Bonchev–Trinajstić information content (AvgIpc) is 2.54. The zero-order chi connectivity index (χ0) is 18.6. The van der Waals surface area contributed by atoms with Gasteiger partial charge in [0.25, 0.3) is 5.17 Å². The Labute approximate surface area is 149 Å². The molecule has 2 rings (SSSR count). The van der Waals surface area contributed by atoms with Gasteiger partial charge in [-0.1, -0.05) is 23.8 Å². The lowest BCUT2D eigenvalue weighted by molar-refractivity contribution is -0.139. The molecule has 0 aromatic heterocycles. The summed E-state index contributed by atoms with van der Waals surface area (Å²) in [6.45, 7) is 3.42. The summed E-state index contributed by atoms with van der Waals surface area (Å²) in [5, 5.41) is 3.06. The first kappa shape index (κ1) is 19.1. The molecule has 0 saturated heterocycles. The highest BCUT2D eigenvalue weighted by molar-refractivity contribution is 7.80. The summed E-state index contributed by atoms with van der Waals surface area (Å²) in [4.78, 5) is 0. The smallest absolute Gasteiger partial charge is 0.419 e. The monoisotopic (exact) mass is 369 g/mol. The third-order valence-corrected chi connectivity index (χ3v) is 3.91. The van der Waals surface area contributed by atoms with Crippen molar-refractivity contribution in [3.63, 3.8) is 0 Å². The van der Waals surface area contributed by atoms with Gasteiger partial charge in [0.15, 0.2) is 0 Å². The molecule has 134 valence electrons. The maximum atomic E-state index is 13.2. The van der Waals surface area contributed by atoms with Crippen LogP contribution >= 0.6 is 12.2 Å². The molecule has 0 fully saturated rings. The average molecular weight is 369 g/mol. The highest BCUT2D eigenvalue weighted by Gasteiger charge is 2.34. The third kappa shape index (κ3) is 4.85. The zero-order valence-corrected chi connectivity index (χ0v) is 14.8. The molecule has 2 aromatic carbocycles. The van der Waals surface area contributed by atoms with Gasteiger partial charge in [-0.3, -0.25) is 0 Å². The lowest BCUT2D eigenvalue weighted by Gasteiger charge is -2.18. The van der Waals surface area contributed by atoms with Gasteiger partial charge in [0, 0.05) is 11.3 Å². The first-order valence-electron chi connectivity index (χ1n) is 7.46. The van der Waals surface area contributed by atoms with Crippen molar-refractivity contribution in [2.45, 2.75) is 26.6 Å². The van der Waals surface area contributed by atoms with Crippen LogP contribution in [0, 0.1) is 13.8 Å². The van der Waals surface area contributed by atoms with Gasteiger partial charge in [-0.05, 0) is 49.8 Å². The molecular formula is C18H18F3NO2S. The Morgan fingerprint density at radius 2 is 1.88 bits per heavy atom. The number of anilines is 1. The van der Waals surface area contributed by atoms with Crippen molar-refractivity contribution in [2.75, 3.05) is 12.4 Å². The van der Waals surface area contributed by atoms with Gasteiger partial charge in [0.2, 0.25) is 0 Å². The van der Waals surface area contributed by atoms with Crippen molar-refractivity contribution in [3.05, 3.63) is 58.7 Å². The number of benzene rings is 2. The number of nitrogens with one attached hydrogen (secondary N) is 1. The number of hydrogen-bond acceptors (Lipinski definition) is 3. The molecule has 0 aliphatic rings. The minimum absolute atomic E-state index is 0.0343. The summed E-state index contributed by atoms with van der Waals surface area (Å²) in [6, 6.07) is 9.42. The van der Waals surface area contributed by atoms with E-state index in [4.69, 9.17) is 21.7 Å². The highest BCUT2D eigenvalue weighted by Crippen LogP contribution is 2.37. The molecule has 3 nitrogen and oxygen atoms in total. The Bertz CT molecular complexity index is 775. The lowest BCUT2D eigenvalue weighted by atomic mass is 10.1. The number of aryl methyl sites for hydroxylation is 2. The van der Waals surface area contributed by atoms with Gasteiger partial charge in [-0.25, -0.2) is 0 Å². The van der Waals surface area contributed by atoms with E-state index in [1.807, 2.05) is 19.1 Å². The van der Waals surface area contributed by atoms with E-state index in [9.17, 15) is 13.2 Å². The summed E-state index contributed by atoms with van der Waals surface area (Å²) in [6.07, 6.45) is -4.48. The lowest BCUT2D eigenvalue weighted by Crippen LogP contribution is -2.14. The number of hydrogen-bond donors (Lipinski definition) is 1. The zero-order valence-electron chi connectivity index (χ0n) is 14.0. The second-order valence-corrected chi connectivity index (χ2v) is 5.87. The number of thiocarbonyl (C=S) groups is 1. The van der Waals surface area contributed by atoms with Crippen molar-refractivity contribution in [3.8, 4) is 5.75 Å². The van der Waals surface area contributed by atoms with Gasteiger partial charge >= 0.3 is 6.18 Å². The van der Waals surface area contributed by atoms with Crippen LogP contribution in [0.1, 0.15) is 22.3 Å². The Morgan fingerprint density at radius 1 is 1.16 bits per heavy atom. The maximum absolute atomic E-state index is 13.2. The van der Waals surface area contributed by atoms with Gasteiger partial charge in [-0.15, -0.1) is 0 Å². The maximum Gasteiger partial charge on any atom is 0.419 e. The minimum Gasteiger partial charge on any atom is -0.488 e. The van der Waals surface area contributed by atoms with Crippen LogP contribution in [0.5, 0.6) is 5.75 Å². The standard InChI is InChI=1S/C18H18F3NO2S/c1-11-7-8-16(14(9-11)18(19,20)21)24-10-13-12(2)5-4-6-15(13)22-17(25)23-3/h4-9H,10H2,1-3H3,(H,22,25). The fourth-order valence-electron chi connectivity index (χ4n) is 2.31. The van der Waals surface area contributed by atoms with Crippen molar-refractivity contribution in [1.82, 2.24) is 0 Å². The van der Waals surface area contributed by atoms with Gasteiger partial charge in [-0.2, -0.15) is 13.2 Å². The van der Waals surface area contributed by atoms with Crippen molar-refractivity contribution < 1.29 is 22.6 Å². The summed E-state index contributed by atoms with van der Waals surface area (Å²) < 4.78 is 50.0. The van der Waals surface area contributed by atoms with E-state index in [1.165, 1.54) is 13.2 Å². The number of alkyl halides is 3. The molecule has 0 heterocycles. The molecule has 0 saturated carbocycles. The summed E-state index contributed by atoms with van der Waals surface area (Å²) in [5.74, 6) is -0.207. The second-order valence-electron chi connectivity index (χ2n) is 5.50. The molecular weight excluding hydrogens is 351 g/mol. The quantitative estimate of drug-likeness (QED) is 0.746. The fraction of sp³-hybridized carbons (Fsp3) is 0.278. The third-order valence-electron chi connectivity index (χ3n) is 3.64. The van der Waals surface area contributed by atoms with E-state index in [2.05, 4.69) is 5.32 Å². The molecule has 0 bridgehead atoms. The van der Waals surface area contributed by atoms with E-state index < -0.39 is 11.7 Å². The Balaban J connectivity index is 2.29. The van der Waals surface area contributed by atoms with Crippen LogP contribution in [-0.2, 0) is 17.5 Å². The van der Waals surface area contributed by atoms with Crippen LogP contribution in [0.2, 0.25) is 0 Å². The van der Waals surface area contributed by atoms with E-state index in [0.717, 1.165) is 11.6 Å². The molecule has 2 aromatic rings. The normalized spacial score (nSPS) is 11.1. The topological polar surface area (TPSA) is 30.5 Å². The summed E-state index contributed by atoms with van der Waals surface area (Å²) in [5.41, 5.74) is 1.93. The fourth-order valence-corrected chi connectivity index (χ4v) is 2.42. The van der Waals surface area contributed by atoms with Crippen LogP contribution in [0.4, 0.5) is 18.9 Å². The van der Waals surface area contributed by atoms with Gasteiger partial charge < -0.3 is 14.8 Å². The Morgan fingerprint density at radius 3 is 2.52 bits per heavy atom. The van der Waals surface area contributed by atoms with Crippen LogP contribution in [0.3, 0.4) is 0 Å². The minimum atomic E-state index is -4.48. The molecule has 0 spiro atoms. The van der Waals surface area contributed by atoms with Crippen LogP contribution in [0.15, 0.2) is 36.4 Å². The van der Waals surface area contributed by atoms with Crippen LogP contribution < -0.4 is 10.1 Å². The molecule has 1 N–H and O–H groups in total. The molecule has 7 heteroatoms. The summed E-state index contributed by atoms with van der Waals surface area (Å²) >= 11 is 4.98. The predicted molar refractivity (Wildman–Crippen MR) is 94.9 cm³/mol. The highest BCUT2D eigenvalue weighted by atomic mass is 32.1. The first-order chi connectivity index (χ1) is 11.7. The Kier molecular flexibility index (Phi) is 5.89. The van der Waals surface area contributed by atoms with Crippen LogP contribution in [-0.4, -0.2) is 12.3 Å². The first-order valence-corrected chi connectivity index (χ1v) is 7.87. The summed E-state index contributed by atoms with van der Waals surface area (Å²) in [7, 11) is 1.43. The van der Waals surface area contributed by atoms with Crippen LogP contribution in [0.25, 0.3) is 0 Å². The number of halogens is 3. The molecule has 0 atom stereocenters. The molecule has 0 radical (unpaired) electrons. The van der Waals surface area contributed by atoms with E-state index in [1.54, 1.807) is 19.1 Å². The number of ether oxygens (including phenoxy) is 2. The van der Waals surface area contributed by atoms with Crippen molar-refractivity contribution >= 4 is 23.1 Å². The predicted octanol–water partition coefficient (Wildman–Crippen LogP) is 5.24. The SMILES string of the molecule is COC(=S)Nc1cccc(C)c1COc1ccc(C)cc1C(F)(F)F. The second kappa shape index (κ2) is 7.74. The Hall–Kier alpha value is -2.28. The molecule has 0 aliphatic heterocycles. The van der Waals surface area contributed by atoms with E-state index in [0.29, 0.717) is 16.8 Å². The number of methoxy groups -OCH3 is 1. The van der Waals surface area contributed by atoms with E-state index >= 15 is 0 Å². The molecule has 0 aliphatic carbocycles. The van der Waals surface area contributed by atoms with Gasteiger partial charge in [0.05, 0.1) is 12.7 Å². The molecule has 0 amide bonds. The number of rotatable bonds is 4. The largest absolute Gasteiger partial charge is 0.488 e. The van der Waals surface area contributed by atoms with Crippen molar-refractivity contribution in [2.24, 2.45) is 0 Å². The molecule has 25 heavy (non-hydrogen) atoms. The molecule has 0 unspecified atom stereocenters. The van der Waals surface area contributed by atoms with E-state index in [-0.39, 0.29) is 17.5 Å². The van der Waals surface area contributed by atoms with Gasteiger partial charge in [0.1, 0.15) is 12.4 Å².